The van der Waals surface area contributed by atoms with E-state index in [2.05, 4.69) is 0 Å². The van der Waals surface area contributed by atoms with Crippen LogP contribution in [-0.4, -0.2) is 4.98 Å². The monoisotopic (exact) mass is 307 g/mol. The molecule has 2 rings (SSSR count). The van der Waals surface area contributed by atoms with E-state index in [1.54, 1.807) is 6.07 Å². The molecule has 19 heavy (non-hydrogen) atoms. The molecule has 1 aromatic heterocycles. The molecule has 0 aliphatic heterocycles. The van der Waals surface area contributed by atoms with Gasteiger partial charge in [-0.3, -0.25) is 4.79 Å². The summed E-state index contributed by atoms with van der Waals surface area (Å²) in [7, 11) is 0. The molecule has 0 saturated carbocycles. The molecule has 1 heterocycles. The van der Waals surface area contributed by atoms with Crippen LogP contribution in [0.15, 0.2) is 35.3 Å². The van der Waals surface area contributed by atoms with Crippen LogP contribution in [0, 0.1) is 0 Å². The van der Waals surface area contributed by atoms with Gasteiger partial charge in [0.25, 0.3) is 5.56 Å². The number of aromatic nitrogens is 1. The van der Waals surface area contributed by atoms with Gasteiger partial charge in [-0.2, -0.15) is 13.2 Å². The van der Waals surface area contributed by atoms with E-state index in [1.807, 2.05) is 4.98 Å². The molecule has 1 N–H and O–H groups in total. The highest BCUT2D eigenvalue weighted by atomic mass is 35.5. The van der Waals surface area contributed by atoms with Gasteiger partial charge < -0.3 is 4.98 Å². The minimum atomic E-state index is -4.73. The number of pyridine rings is 1. The van der Waals surface area contributed by atoms with E-state index in [4.69, 9.17) is 23.2 Å². The van der Waals surface area contributed by atoms with Crippen molar-refractivity contribution in [3.05, 3.63) is 56.4 Å². The molecule has 1 aromatic carbocycles. The van der Waals surface area contributed by atoms with Gasteiger partial charge >= 0.3 is 6.18 Å². The predicted octanol–water partition coefficient (Wildman–Crippen LogP) is 4.37. The standard InChI is InChI=1S/C12H6Cl2F3NO/c13-9-3-1-2-7(10(9)14)6-4-8(12(15,16)17)11(19)18-5-6/h1-5H,(H,18,19). The summed E-state index contributed by atoms with van der Waals surface area (Å²) >= 11 is 11.7. The fourth-order valence-electron chi connectivity index (χ4n) is 1.58. The Hall–Kier alpha value is -1.46. The molecule has 0 amide bonds. The Kier molecular flexibility index (Phi) is 3.60. The van der Waals surface area contributed by atoms with Gasteiger partial charge in [0.1, 0.15) is 5.56 Å². The average Bonchev–Trinajstić information content (AvgIpc) is 2.32. The number of benzene rings is 1. The van der Waals surface area contributed by atoms with Crippen LogP contribution in [0.4, 0.5) is 13.2 Å². The average molecular weight is 308 g/mol. The van der Waals surface area contributed by atoms with Crippen molar-refractivity contribution < 1.29 is 13.2 Å². The minimum Gasteiger partial charge on any atom is -0.328 e. The third kappa shape index (κ3) is 2.77. The first-order valence-corrected chi connectivity index (χ1v) is 5.80. The molecule has 0 spiro atoms. The van der Waals surface area contributed by atoms with Crippen LogP contribution < -0.4 is 5.56 Å². The summed E-state index contributed by atoms with van der Waals surface area (Å²) in [6.45, 7) is 0. The Bertz CT molecular complexity index is 679. The second-order valence-electron chi connectivity index (χ2n) is 3.73. The lowest BCUT2D eigenvalue weighted by molar-refractivity contribution is -0.138. The van der Waals surface area contributed by atoms with Gasteiger partial charge in [0.05, 0.1) is 10.0 Å². The van der Waals surface area contributed by atoms with Crippen molar-refractivity contribution in [1.82, 2.24) is 4.98 Å². The normalized spacial score (nSPS) is 11.6. The van der Waals surface area contributed by atoms with Crippen molar-refractivity contribution in [3.8, 4) is 11.1 Å². The van der Waals surface area contributed by atoms with Crippen LogP contribution in [0.2, 0.25) is 10.0 Å². The topological polar surface area (TPSA) is 32.9 Å². The number of alkyl halides is 3. The molecule has 100 valence electrons. The van der Waals surface area contributed by atoms with Gasteiger partial charge in [-0.25, -0.2) is 0 Å². The summed E-state index contributed by atoms with van der Waals surface area (Å²) in [4.78, 5) is 13.2. The first-order chi connectivity index (χ1) is 8.80. The zero-order chi connectivity index (χ0) is 14.2. The summed E-state index contributed by atoms with van der Waals surface area (Å²) in [5.74, 6) is 0. The number of hydrogen-bond acceptors (Lipinski definition) is 1. The van der Waals surface area contributed by atoms with E-state index in [1.165, 1.54) is 12.1 Å². The molecule has 0 unspecified atom stereocenters. The van der Waals surface area contributed by atoms with Gasteiger partial charge in [-0.05, 0) is 12.1 Å². The van der Waals surface area contributed by atoms with Crippen LogP contribution in [0.1, 0.15) is 5.56 Å². The Morgan fingerprint density at radius 3 is 2.47 bits per heavy atom. The molecule has 0 atom stereocenters. The number of hydrogen-bond donors (Lipinski definition) is 1. The van der Waals surface area contributed by atoms with E-state index in [9.17, 15) is 18.0 Å². The van der Waals surface area contributed by atoms with Crippen molar-refractivity contribution >= 4 is 23.2 Å². The molecule has 2 aromatic rings. The van der Waals surface area contributed by atoms with Crippen LogP contribution in [0.3, 0.4) is 0 Å². The first-order valence-electron chi connectivity index (χ1n) is 5.05. The fraction of sp³-hybridized carbons (Fsp3) is 0.0833. The van der Waals surface area contributed by atoms with Crippen LogP contribution in [-0.2, 0) is 6.18 Å². The Balaban J connectivity index is 2.65. The van der Waals surface area contributed by atoms with Crippen LogP contribution >= 0.6 is 23.2 Å². The maximum atomic E-state index is 12.6. The van der Waals surface area contributed by atoms with Gasteiger partial charge in [-0.1, -0.05) is 35.3 Å². The summed E-state index contributed by atoms with van der Waals surface area (Å²) in [6, 6.07) is 5.34. The molecule has 0 aliphatic rings. The lowest BCUT2D eigenvalue weighted by Crippen LogP contribution is -2.20. The number of H-pyrrole nitrogens is 1. The molecular weight excluding hydrogens is 302 g/mol. The number of nitrogens with one attached hydrogen (secondary N) is 1. The molecular formula is C12H6Cl2F3NO. The van der Waals surface area contributed by atoms with Gasteiger partial charge in [0, 0.05) is 17.3 Å². The summed E-state index contributed by atoms with van der Waals surface area (Å²) in [5, 5.41) is 0.350. The first kappa shape index (κ1) is 14.0. The number of halogens is 5. The van der Waals surface area contributed by atoms with E-state index in [-0.39, 0.29) is 15.6 Å². The smallest absolute Gasteiger partial charge is 0.328 e. The zero-order valence-corrected chi connectivity index (χ0v) is 10.7. The molecule has 7 heteroatoms. The Morgan fingerprint density at radius 2 is 1.84 bits per heavy atom. The van der Waals surface area contributed by atoms with Gasteiger partial charge in [0.15, 0.2) is 0 Å². The molecule has 0 aliphatic carbocycles. The van der Waals surface area contributed by atoms with E-state index < -0.39 is 17.3 Å². The summed E-state index contributed by atoms with van der Waals surface area (Å²) < 4.78 is 37.9. The predicted molar refractivity (Wildman–Crippen MR) is 67.5 cm³/mol. The van der Waals surface area contributed by atoms with E-state index in [0.29, 0.717) is 5.56 Å². The van der Waals surface area contributed by atoms with Gasteiger partial charge in [0.2, 0.25) is 0 Å². The second kappa shape index (κ2) is 4.90. The molecule has 0 bridgehead atoms. The number of rotatable bonds is 1. The number of aromatic amines is 1. The highest BCUT2D eigenvalue weighted by molar-refractivity contribution is 6.43. The highest BCUT2D eigenvalue weighted by Crippen LogP contribution is 2.35. The third-order valence-electron chi connectivity index (χ3n) is 2.47. The van der Waals surface area contributed by atoms with Crippen molar-refractivity contribution in [3.63, 3.8) is 0 Å². The third-order valence-corrected chi connectivity index (χ3v) is 3.29. The van der Waals surface area contributed by atoms with E-state index >= 15 is 0 Å². The second-order valence-corrected chi connectivity index (χ2v) is 4.52. The van der Waals surface area contributed by atoms with Crippen LogP contribution in [0.5, 0.6) is 0 Å². The largest absolute Gasteiger partial charge is 0.421 e. The van der Waals surface area contributed by atoms with Crippen molar-refractivity contribution in [2.24, 2.45) is 0 Å². The lowest BCUT2D eigenvalue weighted by atomic mass is 10.1. The maximum absolute atomic E-state index is 12.6. The van der Waals surface area contributed by atoms with E-state index in [0.717, 1.165) is 12.3 Å². The fourth-order valence-corrected chi connectivity index (χ4v) is 1.99. The maximum Gasteiger partial charge on any atom is 0.421 e. The molecule has 0 radical (unpaired) electrons. The Morgan fingerprint density at radius 1 is 1.16 bits per heavy atom. The quantitative estimate of drug-likeness (QED) is 0.834. The zero-order valence-electron chi connectivity index (χ0n) is 9.18. The van der Waals surface area contributed by atoms with Gasteiger partial charge in [-0.15, -0.1) is 0 Å². The van der Waals surface area contributed by atoms with Crippen molar-refractivity contribution in [2.75, 3.05) is 0 Å². The highest BCUT2D eigenvalue weighted by Gasteiger charge is 2.34. The van der Waals surface area contributed by atoms with Crippen LogP contribution in [0.25, 0.3) is 11.1 Å². The molecule has 0 saturated heterocycles. The summed E-state index contributed by atoms with van der Waals surface area (Å²) in [5.41, 5.74) is -2.02. The SMILES string of the molecule is O=c1[nH]cc(-c2cccc(Cl)c2Cl)cc1C(F)(F)F. The van der Waals surface area contributed by atoms with Crippen molar-refractivity contribution in [2.45, 2.75) is 6.18 Å². The lowest BCUT2D eigenvalue weighted by Gasteiger charge is -2.09. The molecule has 2 nitrogen and oxygen atoms in total. The Labute approximate surface area is 115 Å². The van der Waals surface area contributed by atoms with Crippen molar-refractivity contribution in [1.29, 1.82) is 0 Å². The minimum absolute atomic E-state index is 0.129. The molecule has 0 fully saturated rings. The summed E-state index contributed by atoms with van der Waals surface area (Å²) in [6.07, 6.45) is -3.57.